The van der Waals surface area contributed by atoms with Gasteiger partial charge in [0, 0.05) is 61.5 Å². The Morgan fingerprint density at radius 3 is 2.60 bits per heavy atom. The monoisotopic (exact) mass is 865 g/mol. The van der Waals surface area contributed by atoms with Gasteiger partial charge in [-0.3, -0.25) is 39.0 Å². The fourth-order valence-corrected chi connectivity index (χ4v) is 8.78. The molecule has 17 nitrogen and oxygen atoms in total. The fraction of sp³-hybridized carbons (Fsp3) is 0.349. The van der Waals surface area contributed by atoms with Gasteiger partial charge in [0.05, 0.1) is 54.6 Å². The van der Waals surface area contributed by atoms with E-state index in [9.17, 15) is 33.2 Å². The minimum atomic E-state index is -1.06. The quantitative estimate of drug-likeness (QED) is 0.0937. The molecular formula is C43H44FN9O8S. The zero-order valence-electron chi connectivity index (χ0n) is 33.8. The summed E-state index contributed by atoms with van der Waals surface area (Å²) in [5.41, 5.74) is 2.97. The van der Waals surface area contributed by atoms with Crippen LogP contribution in [-0.4, -0.2) is 114 Å². The highest BCUT2D eigenvalue weighted by Gasteiger charge is 2.45. The lowest BCUT2D eigenvalue weighted by Crippen LogP contribution is -2.54. The lowest BCUT2D eigenvalue weighted by atomic mass is 10.0. The second kappa shape index (κ2) is 18.5. The predicted molar refractivity (Wildman–Crippen MR) is 228 cm³/mol. The first-order chi connectivity index (χ1) is 30.1. The number of anilines is 5. The Balaban J connectivity index is 0.777. The number of imide groups is 2. The predicted octanol–water partition coefficient (Wildman–Crippen LogP) is 4.82. The van der Waals surface area contributed by atoms with Gasteiger partial charge in [0.1, 0.15) is 11.8 Å². The van der Waals surface area contributed by atoms with Crippen molar-refractivity contribution < 1.29 is 42.6 Å². The zero-order valence-corrected chi connectivity index (χ0v) is 34.6. The average Bonchev–Trinajstić information content (AvgIpc) is 4.05. The van der Waals surface area contributed by atoms with E-state index in [1.807, 2.05) is 17.0 Å². The number of aromatic nitrogens is 2. The Hall–Kier alpha value is -6.73. The van der Waals surface area contributed by atoms with Crippen LogP contribution < -0.4 is 30.9 Å². The van der Waals surface area contributed by atoms with Crippen LogP contribution in [0.3, 0.4) is 0 Å². The maximum absolute atomic E-state index is 15.0. The summed E-state index contributed by atoms with van der Waals surface area (Å²) in [6, 6.07) is 12.6. The molecule has 4 aromatic rings. The number of hydrogen-bond donors (Lipinski definition) is 4. The Labute approximate surface area is 359 Å². The molecule has 322 valence electrons. The molecule has 4 N–H and O–H groups in total. The summed E-state index contributed by atoms with van der Waals surface area (Å²) in [6.45, 7) is 2.32. The topological polar surface area (TPSA) is 204 Å². The third-order valence-electron chi connectivity index (χ3n) is 11.0. The number of benzene rings is 2. The van der Waals surface area contributed by atoms with E-state index in [4.69, 9.17) is 9.47 Å². The number of thiophene rings is 1. The highest BCUT2D eigenvalue weighted by atomic mass is 32.1. The fourth-order valence-electron chi connectivity index (χ4n) is 7.81. The minimum Gasteiger partial charge on any atom is -0.494 e. The first-order valence-electron chi connectivity index (χ1n) is 20.3. The van der Waals surface area contributed by atoms with Crippen molar-refractivity contribution in [2.75, 3.05) is 73.9 Å². The van der Waals surface area contributed by atoms with Gasteiger partial charge in [-0.25, -0.2) is 9.37 Å². The highest BCUT2D eigenvalue weighted by Crippen LogP contribution is 2.35. The smallest absolute Gasteiger partial charge is 0.265 e. The summed E-state index contributed by atoms with van der Waals surface area (Å²) in [4.78, 5) is 91.3. The molecule has 0 saturated carbocycles. The van der Waals surface area contributed by atoms with Gasteiger partial charge >= 0.3 is 0 Å². The van der Waals surface area contributed by atoms with Gasteiger partial charge in [-0.2, -0.15) is 4.98 Å². The Morgan fingerprint density at radius 1 is 0.984 bits per heavy atom. The standard InChI is InChI=1S/C43H44FN9O8S/c1-60-32-23-26(9-10-29(32)48-40(57)34-13-12-33(62-34)25-5-2-3-6-25)47-38-28(44)24-46-43(50-38)52-19-17-51(18-20-52)36(55)15-21-61-22-16-45-30-8-4-7-27-37(30)42(59)53(41(27)58)31-11-14-35(54)49-39(31)56/h4-5,7-10,12-13,23-24,31,45H,2-3,6,11,14-22H2,1H3,(H,48,57)(H,46,47,50)(H,49,54,56). The molecule has 1 unspecified atom stereocenters. The Bertz CT molecular complexity index is 2470. The molecule has 1 atom stereocenters. The van der Waals surface area contributed by atoms with Gasteiger partial charge < -0.3 is 35.2 Å². The normalized spacial score (nSPS) is 17.5. The van der Waals surface area contributed by atoms with Crippen LogP contribution in [0.25, 0.3) is 5.57 Å². The SMILES string of the molecule is COc1cc(Nc2nc(N3CCN(C(=O)CCOCCNc4cccc5c4C(=O)N(C4CCC(=O)NC4=O)C5=O)CC3)ncc2F)ccc1NC(=O)c1ccc(C2=CCCC2)s1. The van der Waals surface area contributed by atoms with Crippen LogP contribution in [0.5, 0.6) is 5.75 Å². The number of ether oxygens (including phenoxy) is 2. The molecule has 2 saturated heterocycles. The first-order valence-corrected chi connectivity index (χ1v) is 21.2. The summed E-state index contributed by atoms with van der Waals surface area (Å²) < 4.78 is 26.2. The largest absolute Gasteiger partial charge is 0.494 e. The van der Waals surface area contributed by atoms with E-state index in [0.29, 0.717) is 59.8 Å². The van der Waals surface area contributed by atoms with Crippen molar-refractivity contribution in [1.82, 2.24) is 25.1 Å². The van der Waals surface area contributed by atoms with Gasteiger partial charge in [0.2, 0.25) is 23.7 Å². The van der Waals surface area contributed by atoms with Gasteiger partial charge in [0.25, 0.3) is 17.7 Å². The van der Waals surface area contributed by atoms with Crippen molar-refractivity contribution in [1.29, 1.82) is 0 Å². The molecule has 3 aliphatic heterocycles. The van der Waals surface area contributed by atoms with Crippen LogP contribution >= 0.6 is 11.3 Å². The van der Waals surface area contributed by atoms with Crippen molar-refractivity contribution in [2.24, 2.45) is 0 Å². The third-order valence-corrected chi connectivity index (χ3v) is 12.2. The zero-order chi connectivity index (χ0) is 43.3. The van der Waals surface area contributed by atoms with Gasteiger partial charge in [-0.1, -0.05) is 12.1 Å². The molecule has 0 radical (unpaired) electrons. The number of nitrogens with one attached hydrogen (secondary N) is 4. The van der Waals surface area contributed by atoms with Crippen LogP contribution in [0.2, 0.25) is 0 Å². The lowest BCUT2D eigenvalue weighted by Gasteiger charge is -2.34. The highest BCUT2D eigenvalue weighted by molar-refractivity contribution is 7.15. The molecule has 8 rings (SSSR count). The summed E-state index contributed by atoms with van der Waals surface area (Å²) in [5, 5.41) is 11.2. The van der Waals surface area contributed by atoms with E-state index in [1.165, 1.54) is 30.1 Å². The lowest BCUT2D eigenvalue weighted by molar-refractivity contribution is -0.136. The molecule has 2 aromatic heterocycles. The third kappa shape index (κ3) is 8.99. The second-order valence-corrected chi connectivity index (χ2v) is 16.1. The van der Waals surface area contributed by atoms with E-state index < -0.39 is 35.5 Å². The van der Waals surface area contributed by atoms with E-state index in [2.05, 4.69) is 37.3 Å². The Kier molecular flexibility index (Phi) is 12.5. The first kappa shape index (κ1) is 42.0. The van der Waals surface area contributed by atoms with Crippen LogP contribution in [0.15, 0.2) is 60.8 Å². The molecule has 1 aliphatic carbocycles. The number of piperidine rings is 1. The van der Waals surface area contributed by atoms with E-state index in [-0.39, 0.29) is 67.8 Å². The maximum atomic E-state index is 15.0. The minimum absolute atomic E-state index is 0.0326. The molecule has 2 fully saturated rings. The van der Waals surface area contributed by atoms with Gasteiger partial charge in [0.15, 0.2) is 11.6 Å². The van der Waals surface area contributed by atoms with Crippen molar-refractivity contribution in [3.05, 3.63) is 87.5 Å². The van der Waals surface area contributed by atoms with Crippen molar-refractivity contribution in [3.8, 4) is 5.75 Å². The summed E-state index contributed by atoms with van der Waals surface area (Å²) in [6.07, 6.45) is 6.77. The van der Waals surface area contributed by atoms with Crippen molar-refractivity contribution in [3.63, 3.8) is 0 Å². The number of carbonyl (C=O) groups excluding carboxylic acids is 6. The summed E-state index contributed by atoms with van der Waals surface area (Å²) in [7, 11) is 1.49. The number of rotatable bonds is 15. The molecule has 6 amide bonds. The number of piperazine rings is 1. The molecule has 0 spiro atoms. The number of amides is 6. The van der Waals surface area contributed by atoms with Crippen LogP contribution in [0.4, 0.5) is 33.2 Å². The number of halogens is 1. The van der Waals surface area contributed by atoms with E-state index in [0.717, 1.165) is 35.2 Å². The Morgan fingerprint density at radius 2 is 1.82 bits per heavy atom. The molecule has 5 heterocycles. The number of carbonyl (C=O) groups is 6. The molecule has 4 aliphatic rings. The van der Waals surface area contributed by atoms with Crippen LogP contribution in [0, 0.1) is 5.82 Å². The van der Waals surface area contributed by atoms with Gasteiger partial charge in [-0.05, 0) is 67.7 Å². The molecule has 0 bridgehead atoms. The molecule has 19 heteroatoms. The number of methoxy groups -OCH3 is 1. The summed E-state index contributed by atoms with van der Waals surface area (Å²) >= 11 is 1.45. The molecular weight excluding hydrogens is 822 g/mol. The average molecular weight is 866 g/mol. The van der Waals surface area contributed by atoms with Crippen molar-refractivity contribution >= 4 is 81.2 Å². The second-order valence-electron chi connectivity index (χ2n) is 15.0. The summed E-state index contributed by atoms with van der Waals surface area (Å²) in [5.74, 6) is -2.67. The van der Waals surface area contributed by atoms with E-state index >= 15 is 0 Å². The van der Waals surface area contributed by atoms with Gasteiger partial charge in [-0.15, -0.1) is 11.3 Å². The molecule has 62 heavy (non-hydrogen) atoms. The number of nitrogens with zero attached hydrogens (tertiary/aromatic N) is 5. The number of allylic oxidation sites excluding steroid dienone is 2. The van der Waals surface area contributed by atoms with Crippen LogP contribution in [-0.2, 0) is 19.1 Å². The number of fused-ring (bicyclic) bond motifs is 1. The van der Waals surface area contributed by atoms with Crippen molar-refractivity contribution in [2.45, 2.75) is 44.6 Å². The van der Waals surface area contributed by atoms with Crippen LogP contribution in [0.1, 0.15) is 73.8 Å². The van der Waals surface area contributed by atoms with E-state index in [1.54, 1.807) is 35.2 Å². The number of hydrogen-bond acceptors (Lipinski definition) is 14. The molecule has 2 aromatic carbocycles. The maximum Gasteiger partial charge on any atom is 0.265 e.